The van der Waals surface area contributed by atoms with Gasteiger partial charge < -0.3 is 10.1 Å². The van der Waals surface area contributed by atoms with Crippen LogP contribution in [0.5, 0.6) is 11.5 Å². The average molecular weight is 395 g/mol. The number of carbonyl (C=O) groups is 2. The molecule has 4 aromatic carbocycles. The van der Waals surface area contributed by atoms with Crippen LogP contribution in [0.3, 0.4) is 0 Å². The summed E-state index contributed by atoms with van der Waals surface area (Å²) in [6.45, 7) is -0.00960. The Bertz CT molecular complexity index is 1160. The molecule has 148 valence electrons. The van der Waals surface area contributed by atoms with Crippen molar-refractivity contribution in [2.45, 2.75) is 6.42 Å². The number of Topliss-reactive ketones (excluding diaryl/α,β-unsaturated/α-hetero) is 1. The van der Waals surface area contributed by atoms with Gasteiger partial charge in [0.25, 0.3) is 5.91 Å². The van der Waals surface area contributed by atoms with Crippen LogP contribution in [0.15, 0.2) is 97.1 Å². The lowest BCUT2D eigenvalue weighted by Gasteiger charge is -2.09. The van der Waals surface area contributed by atoms with Crippen molar-refractivity contribution in [2.24, 2.45) is 0 Å². The number of para-hydroxylation sites is 1. The highest BCUT2D eigenvalue weighted by Crippen LogP contribution is 2.21. The zero-order valence-corrected chi connectivity index (χ0v) is 16.4. The molecule has 30 heavy (non-hydrogen) atoms. The first-order valence-corrected chi connectivity index (χ1v) is 9.78. The largest absolute Gasteiger partial charge is 0.457 e. The van der Waals surface area contributed by atoms with Crippen LogP contribution in [-0.4, -0.2) is 18.2 Å². The lowest BCUT2D eigenvalue weighted by Crippen LogP contribution is -2.30. The second-order valence-electron chi connectivity index (χ2n) is 6.98. The van der Waals surface area contributed by atoms with Crippen LogP contribution >= 0.6 is 0 Å². The summed E-state index contributed by atoms with van der Waals surface area (Å²) in [6, 6.07) is 30.2. The molecular formula is C26H21NO3. The third-order valence-corrected chi connectivity index (χ3v) is 4.78. The SMILES string of the molecule is O=C(CNC(=O)c1cccc2ccccc12)Cc1ccc(Oc2ccccc2)cc1. The minimum atomic E-state index is -0.244. The Balaban J connectivity index is 1.33. The van der Waals surface area contributed by atoms with Gasteiger partial charge in [-0.25, -0.2) is 0 Å². The summed E-state index contributed by atoms with van der Waals surface area (Å²) in [7, 11) is 0. The molecule has 1 N–H and O–H groups in total. The highest BCUT2D eigenvalue weighted by molar-refractivity contribution is 6.07. The molecule has 0 saturated heterocycles. The van der Waals surface area contributed by atoms with Crippen molar-refractivity contribution in [3.05, 3.63) is 108 Å². The standard InChI is InChI=1S/C26H21NO3/c28-21(17-19-13-15-23(16-14-19)30-22-9-2-1-3-10-22)18-27-26(29)25-12-6-8-20-7-4-5-11-24(20)25/h1-16H,17-18H2,(H,27,29). The number of ketones is 1. The molecule has 4 heteroatoms. The van der Waals surface area contributed by atoms with E-state index in [0.29, 0.717) is 11.3 Å². The second-order valence-corrected chi connectivity index (χ2v) is 6.98. The van der Waals surface area contributed by atoms with Crippen molar-refractivity contribution in [3.8, 4) is 11.5 Å². The van der Waals surface area contributed by atoms with Crippen LogP contribution < -0.4 is 10.1 Å². The Kier molecular flexibility index (Phi) is 5.85. The van der Waals surface area contributed by atoms with Crippen LogP contribution in [0.1, 0.15) is 15.9 Å². The maximum absolute atomic E-state index is 12.6. The summed E-state index contributed by atoms with van der Waals surface area (Å²) in [5.74, 6) is 1.17. The van der Waals surface area contributed by atoms with Gasteiger partial charge in [0.2, 0.25) is 0 Å². The maximum Gasteiger partial charge on any atom is 0.252 e. The molecule has 0 heterocycles. The first-order chi connectivity index (χ1) is 14.7. The van der Waals surface area contributed by atoms with Crippen molar-refractivity contribution >= 4 is 22.5 Å². The minimum Gasteiger partial charge on any atom is -0.457 e. The van der Waals surface area contributed by atoms with E-state index >= 15 is 0 Å². The predicted molar refractivity (Wildman–Crippen MR) is 118 cm³/mol. The molecule has 0 fully saturated rings. The van der Waals surface area contributed by atoms with Gasteiger partial charge in [0.15, 0.2) is 5.78 Å². The molecule has 0 bridgehead atoms. The second kappa shape index (κ2) is 9.05. The molecule has 4 rings (SSSR count). The molecule has 0 aliphatic carbocycles. The summed E-state index contributed by atoms with van der Waals surface area (Å²) in [4.78, 5) is 24.9. The number of amides is 1. The number of carbonyl (C=O) groups excluding carboxylic acids is 2. The summed E-state index contributed by atoms with van der Waals surface area (Å²) >= 11 is 0. The summed E-state index contributed by atoms with van der Waals surface area (Å²) in [5, 5.41) is 4.61. The monoisotopic (exact) mass is 395 g/mol. The third-order valence-electron chi connectivity index (χ3n) is 4.78. The van der Waals surface area contributed by atoms with E-state index in [0.717, 1.165) is 22.1 Å². The topological polar surface area (TPSA) is 55.4 Å². The van der Waals surface area contributed by atoms with E-state index in [-0.39, 0.29) is 24.7 Å². The third kappa shape index (κ3) is 4.73. The van der Waals surface area contributed by atoms with E-state index in [1.807, 2.05) is 91.0 Å². The van der Waals surface area contributed by atoms with Crippen molar-refractivity contribution in [1.29, 1.82) is 0 Å². The fourth-order valence-corrected chi connectivity index (χ4v) is 3.29. The fraction of sp³-hybridized carbons (Fsp3) is 0.0769. The molecule has 0 atom stereocenters. The number of hydrogen-bond acceptors (Lipinski definition) is 3. The Morgan fingerprint density at radius 1 is 0.700 bits per heavy atom. The number of hydrogen-bond donors (Lipinski definition) is 1. The fourth-order valence-electron chi connectivity index (χ4n) is 3.29. The van der Waals surface area contributed by atoms with Gasteiger partial charge in [0.1, 0.15) is 11.5 Å². The highest BCUT2D eigenvalue weighted by atomic mass is 16.5. The van der Waals surface area contributed by atoms with E-state index in [1.165, 1.54) is 0 Å². The van der Waals surface area contributed by atoms with E-state index in [2.05, 4.69) is 5.32 Å². The first kappa shape index (κ1) is 19.4. The lowest BCUT2D eigenvalue weighted by atomic mass is 10.0. The van der Waals surface area contributed by atoms with Crippen molar-refractivity contribution in [3.63, 3.8) is 0 Å². The van der Waals surface area contributed by atoms with Crippen molar-refractivity contribution in [1.82, 2.24) is 5.32 Å². The molecule has 4 nitrogen and oxygen atoms in total. The zero-order valence-electron chi connectivity index (χ0n) is 16.4. The highest BCUT2D eigenvalue weighted by Gasteiger charge is 2.11. The molecule has 0 aromatic heterocycles. The van der Waals surface area contributed by atoms with Gasteiger partial charge in [-0.3, -0.25) is 9.59 Å². The van der Waals surface area contributed by atoms with Crippen LogP contribution in [0.4, 0.5) is 0 Å². The molecule has 0 aliphatic heterocycles. The van der Waals surface area contributed by atoms with Gasteiger partial charge in [0, 0.05) is 12.0 Å². The van der Waals surface area contributed by atoms with E-state index in [1.54, 1.807) is 6.07 Å². The first-order valence-electron chi connectivity index (χ1n) is 9.78. The quantitative estimate of drug-likeness (QED) is 0.469. The Morgan fingerprint density at radius 2 is 1.37 bits per heavy atom. The molecular weight excluding hydrogens is 374 g/mol. The van der Waals surface area contributed by atoms with E-state index in [9.17, 15) is 9.59 Å². The van der Waals surface area contributed by atoms with Crippen LogP contribution in [0.2, 0.25) is 0 Å². The molecule has 1 amide bonds. The summed E-state index contributed by atoms with van der Waals surface area (Å²) < 4.78 is 5.76. The van der Waals surface area contributed by atoms with Gasteiger partial charge >= 0.3 is 0 Å². The average Bonchev–Trinajstić information content (AvgIpc) is 2.79. The molecule has 4 aromatic rings. The molecule has 0 spiro atoms. The minimum absolute atomic E-state index is 0.00960. The lowest BCUT2D eigenvalue weighted by molar-refractivity contribution is -0.117. The number of fused-ring (bicyclic) bond motifs is 1. The molecule has 0 radical (unpaired) electrons. The Morgan fingerprint density at radius 3 is 2.17 bits per heavy atom. The summed E-state index contributed by atoms with van der Waals surface area (Å²) in [6.07, 6.45) is 0.251. The Hall–Kier alpha value is -3.92. The molecule has 0 unspecified atom stereocenters. The van der Waals surface area contributed by atoms with Gasteiger partial charge in [-0.15, -0.1) is 0 Å². The van der Waals surface area contributed by atoms with E-state index < -0.39 is 0 Å². The number of rotatable bonds is 7. The van der Waals surface area contributed by atoms with Crippen LogP contribution in [0.25, 0.3) is 10.8 Å². The van der Waals surface area contributed by atoms with Crippen LogP contribution in [0, 0.1) is 0 Å². The van der Waals surface area contributed by atoms with Crippen LogP contribution in [-0.2, 0) is 11.2 Å². The molecule has 0 aliphatic rings. The molecule has 0 saturated carbocycles. The van der Waals surface area contributed by atoms with E-state index in [4.69, 9.17) is 4.74 Å². The van der Waals surface area contributed by atoms with Gasteiger partial charge in [-0.05, 0) is 46.7 Å². The maximum atomic E-state index is 12.6. The van der Waals surface area contributed by atoms with Crippen molar-refractivity contribution in [2.75, 3.05) is 6.54 Å². The number of benzene rings is 4. The zero-order chi connectivity index (χ0) is 20.8. The normalized spacial score (nSPS) is 10.5. The van der Waals surface area contributed by atoms with Gasteiger partial charge in [-0.2, -0.15) is 0 Å². The number of ether oxygens (including phenoxy) is 1. The van der Waals surface area contributed by atoms with Gasteiger partial charge in [-0.1, -0.05) is 66.7 Å². The number of nitrogens with one attached hydrogen (secondary N) is 1. The van der Waals surface area contributed by atoms with Crippen molar-refractivity contribution < 1.29 is 14.3 Å². The smallest absolute Gasteiger partial charge is 0.252 e. The summed E-state index contributed by atoms with van der Waals surface area (Å²) in [5.41, 5.74) is 1.45. The Labute approximate surface area is 175 Å². The van der Waals surface area contributed by atoms with Gasteiger partial charge in [0.05, 0.1) is 6.54 Å². The predicted octanol–water partition coefficient (Wildman–Crippen LogP) is 5.17.